The molecule has 4 heterocycles. The Balaban J connectivity index is 0.000000186. The quantitative estimate of drug-likeness (QED) is 0.384. The van der Waals surface area contributed by atoms with Gasteiger partial charge in [-0.2, -0.15) is 10.2 Å². The van der Waals surface area contributed by atoms with Gasteiger partial charge in [0, 0.05) is 56.7 Å². The van der Waals surface area contributed by atoms with E-state index in [2.05, 4.69) is 25.4 Å². The average molecular weight is 521 g/mol. The number of rotatable bonds is 7. The number of halogens is 1. The molecule has 3 aromatic heterocycles. The van der Waals surface area contributed by atoms with E-state index in [0.29, 0.717) is 11.7 Å². The van der Waals surface area contributed by atoms with E-state index in [4.69, 9.17) is 10.5 Å². The molecule has 0 spiro atoms. The lowest BCUT2D eigenvalue weighted by molar-refractivity contribution is 0.160. The van der Waals surface area contributed by atoms with Crippen LogP contribution in [0.4, 0.5) is 15.0 Å². The molecule has 4 aromatic rings. The number of amides is 2. The Morgan fingerprint density at radius 2 is 2.03 bits per heavy atom. The number of benzene rings is 1. The first kappa shape index (κ1) is 27.0. The first-order valence-corrected chi connectivity index (χ1v) is 12.4. The molecule has 1 fully saturated rings. The van der Waals surface area contributed by atoms with Crippen LogP contribution in [0.1, 0.15) is 23.5 Å². The van der Waals surface area contributed by atoms with E-state index in [1.807, 2.05) is 50.5 Å². The van der Waals surface area contributed by atoms with Crippen molar-refractivity contribution in [2.24, 2.45) is 12.8 Å². The Labute approximate surface area is 221 Å². The molecule has 200 valence electrons. The molecule has 1 aromatic carbocycles. The highest BCUT2D eigenvalue weighted by Crippen LogP contribution is 2.30. The molecule has 10 nitrogen and oxygen atoms in total. The van der Waals surface area contributed by atoms with E-state index in [1.54, 1.807) is 34.9 Å². The number of anilines is 1. The molecule has 1 aliphatic rings. The van der Waals surface area contributed by atoms with Crippen molar-refractivity contribution >= 4 is 11.8 Å². The number of nitrogens with two attached hydrogens (primary N) is 1. The molecule has 0 aliphatic carbocycles. The van der Waals surface area contributed by atoms with Gasteiger partial charge in [0.15, 0.2) is 0 Å². The van der Waals surface area contributed by atoms with Crippen molar-refractivity contribution in [3.8, 4) is 16.9 Å². The van der Waals surface area contributed by atoms with E-state index in [1.165, 1.54) is 6.20 Å². The van der Waals surface area contributed by atoms with Crippen LogP contribution >= 0.6 is 0 Å². The fraction of sp³-hybridized carbons (Fsp3) is 0.333. The van der Waals surface area contributed by atoms with Crippen LogP contribution in [-0.4, -0.2) is 68.8 Å². The maximum absolute atomic E-state index is 13.5. The third-order valence-corrected chi connectivity index (χ3v) is 6.47. The summed E-state index contributed by atoms with van der Waals surface area (Å²) in [6, 6.07) is 10.7. The Hall–Kier alpha value is -4.09. The Kier molecular flexibility index (Phi) is 8.82. The molecular weight excluding hydrogens is 487 g/mol. The minimum atomic E-state index is -0.627. The first-order chi connectivity index (χ1) is 18.4. The van der Waals surface area contributed by atoms with Crippen LogP contribution in [0.2, 0.25) is 0 Å². The van der Waals surface area contributed by atoms with Gasteiger partial charge >= 0.3 is 6.03 Å². The summed E-state index contributed by atoms with van der Waals surface area (Å²) in [7, 11) is 3.55. The number of nitrogens with one attached hydrogen (secondary N) is 1. The zero-order valence-corrected chi connectivity index (χ0v) is 21.8. The lowest BCUT2D eigenvalue weighted by Crippen LogP contribution is -2.24. The molecule has 0 radical (unpaired) electrons. The van der Waals surface area contributed by atoms with E-state index >= 15 is 0 Å². The highest BCUT2D eigenvalue weighted by molar-refractivity contribution is 5.89. The predicted molar refractivity (Wildman–Crippen MR) is 144 cm³/mol. The van der Waals surface area contributed by atoms with Crippen molar-refractivity contribution in [2.75, 3.05) is 38.7 Å². The van der Waals surface area contributed by atoms with Gasteiger partial charge in [-0.3, -0.25) is 15.0 Å². The van der Waals surface area contributed by atoms with E-state index in [0.717, 1.165) is 60.7 Å². The van der Waals surface area contributed by atoms with Gasteiger partial charge in [-0.15, -0.1) is 0 Å². The summed E-state index contributed by atoms with van der Waals surface area (Å²) in [6.07, 6.45) is 7.59. The van der Waals surface area contributed by atoms with E-state index in [9.17, 15) is 9.18 Å². The highest BCUT2D eigenvalue weighted by atomic mass is 19.1. The van der Waals surface area contributed by atoms with Crippen molar-refractivity contribution in [1.29, 1.82) is 0 Å². The fourth-order valence-electron chi connectivity index (χ4n) is 4.56. The number of methoxy groups -OCH3 is 1. The SMILES string of the molecule is COCCN1CCC(c2ccncc2F)C1.Cc1c(-c2cnn(C)c2)nn(-c2ccccc2)c1NC(N)=O. The predicted octanol–water partition coefficient (Wildman–Crippen LogP) is 3.73. The van der Waals surface area contributed by atoms with Crippen LogP contribution in [0.5, 0.6) is 0 Å². The number of para-hydroxylation sites is 1. The zero-order chi connectivity index (χ0) is 27.1. The number of pyridine rings is 1. The van der Waals surface area contributed by atoms with Crippen molar-refractivity contribution in [2.45, 2.75) is 19.3 Å². The van der Waals surface area contributed by atoms with Crippen LogP contribution in [0, 0.1) is 12.7 Å². The summed E-state index contributed by atoms with van der Waals surface area (Å²) < 4.78 is 21.9. The van der Waals surface area contributed by atoms with Gasteiger partial charge in [-0.05, 0) is 43.7 Å². The molecule has 2 amide bonds. The Morgan fingerprint density at radius 1 is 1.24 bits per heavy atom. The molecule has 11 heteroatoms. The summed E-state index contributed by atoms with van der Waals surface area (Å²) in [6.45, 7) is 5.51. The topological polar surface area (TPSA) is 116 Å². The summed E-state index contributed by atoms with van der Waals surface area (Å²) in [5.74, 6) is 0.679. The Morgan fingerprint density at radius 3 is 2.68 bits per heavy atom. The maximum Gasteiger partial charge on any atom is 0.317 e. The number of urea groups is 1. The van der Waals surface area contributed by atoms with E-state index in [-0.39, 0.29) is 5.82 Å². The van der Waals surface area contributed by atoms with Crippen LogP contribution in [0.25, 0.3) is 16.9 Å². The summed E-state index contributed by atoms with van der Waals surface area (Å²) in [5, 5.41) is 11.4. The molecule has 1 saturated heterocycles. The molecule has 1 aliphatic heterocycles. The van der Waals surface area contributed by atoms with Crippen molar-refractivity contribution in [1.82, 2.24) is 29.4 Å². The second-order valence-electron chi connectivity index (χ2n) is 9.14. The van der Waals surface area contributed by atoms with Crippen LogP contribution in [0.3, 0.4) is 0 Å². The van der Waals surface area contributed by atoms with Gasteiger partial charge < -0.3 is 15.4 Å². The van der Waals surface area contributed by atoms with Gasteiger partial charge in [0.25, 0.3) is 0 Å². The third kappa shape index (κ3) is 6.42. The van der Waals surface area contributed by atoms with Crippen LogP contribution in [0.15, 0.2) is 61.2 Å². The summed E-state index contributed by atoms with van der Waals surface area (Å²) in [4.78, 5) is 17.4. The fourth-order valence-corrected chi connectivity index (χ4v) is 4.56. The highest BCUT2D eigenvalue weighted by Gasteiger charge is 2.25. The molecular formula is C27H33FN8O2. The molecule has 38 heavy (non-hydrogen) atoms. The number of primary amides is 1. The minimum Gasteiger partial charge on any atom is -0.383 e. The van der Waals surface area contributed by atoms with Gasteiger partial charge in [0.1, 0.15) is 17.3 Å². The summed E-state index contributed by atoms with van der Waals surface area (Å²) in [5.41, 5.74) is 9.38. The Bertz CT molecular complexity index is 1350. The van der Waals surface area contributed by atoms with Crippen LogP contribution < -0.4 is 11.1 Å². The number of ether oxygens (including phenoxy) is 1. The van der Waals surface area contributed by atoms with Crippen LogP contribution in [-0.2, 0) is 11.8 Å². The standard InChI is InChI=1S/C15H16N6O.C12H17FN2O/c1-10-13(11-8-17-20(2)9-11)19-21(14(10)18-15(16)22)12-6-4-3-5-7-12;1-16-7-6-15-5-3-10(9-15)11-2-4-14-8-12(11)13/h3-9H,1-2H3,(H3,16,18,22);2,4,8,10H,3,5-7,9H2,1H3. The number of hydrogen-bond donors (Lipinski definition) is 2. The number of aryl methyl sites for hydroxylation is 1. The molecule has 1 unspecified atom stereocenters. The van der Waals surface area contributed by atoms with Gasteiger partial charge in [0.2, 0.25) is 0 Å². The molecule has 5 rings (SSSR count). The van der Waals surface area contributed by atoms with Crippen molar-refractivity contribution in [3.05, 3.63) is 78.1 Å². The molecule has 0 bridgehead atoms. The lowest BCUT2D eigenvalue weighted by atomic mass is 9.99. The lowest BCUT2D eigenvalue weighted by Gasteiger charge is -2.15. The first-order valence-electron chi connectivity index (χ1n) is 12.4. The molecule has 3 N–H and O–H groups in total. The largest absolute Gasteiger partial charge is 0.383 e. The second kappa shape index (κ2) is 12.4. The normalized spacial score (nSPS) is 15.2. The van der Waals surface area contributed by atoms with Crippen molar-refractivity contribution in [3.63, 3.8) is 0 Å². The summed E-state index contributed by atoms with van der Waals surface area (Å²) >= 11 is 0. The molecule has 1 atom stereocenters. The van der Waals surface area contributed by atoms with Crippen molar-refractivity contribution < 1.29 is 13.9 Å². The second-order valence-corrected chi connectivity index (χ2v) is 9.14. The van der Waals surface area contributed by atoms with Gasteiger partial charge in [-0.1, -0.05) is 18.2 Å². The zero-order valence-electron chi connectivity index (χ0n) is 21.8. The number of carbonyl (C=O) groups excluding carboxylic acids is 1. The number of aromatic nitrogens is 5. The maximum atomic E-state index is 13.5. The van der Waals surface area contributed by atoms with Gasteiger partial charge in [-0.25, -0.2) is 13.9 Å². The number of likely N-dealkylation sites (tertiary alicyclic amines) is 1. The van der Waals surface area contributed by atoms with Gasteiger partial charge in [0.05, 0.1) is 24.7 Å². The smallest absolute Gasteiger partial charge is 0.317 e. The average Bonchev–Trinajstić information content (AvgIpc) is 3.63. The number of carbonyl (C=O) groups is 1. The number of hydrogen-bond acceptors (Lipinski definition) is 6. The minimum absolute atomic E-state index is 0.180. The number of nitrogens with zero attached hydrogens (tertiary/aromatic N) is 6. The monoisotopic (exact) mass is 520 g/mol. The third-order valence-electron chi connectivity index (χ3n) is 6.47. The van der Waals surface area contributed by atoms with E-state index < -0.39 is 6.03 Å². The molecule has 0 saturated carbocycles.